The van der Waals surface area contributed by atoms with E-state index in [2.05, 4.69) is 41.4 Å². The smallest absolute Gasteiger partial charge is 0.223 e. The Morgan fingerprint density at radius 3 is 2.68 bits per heavy atom. The molecule has 3 unspecified atom stereocenters. The molecule has 1 aromatic carbocycles. The quantitative estimate of drug-likeness (QED) is 0.922. The Hall–Kier alpha value is -1.06. The topological polar surface area (TPSA) is 32.3 Å². The predicted octanol–water partition coefficient (Wildman–Crippen LogP) is 3.35. The third-order valence-corrected chi connectivity index (χ3v) is 5.13. The van der Waals surface area contributed by atoms with Crippen molar-refractivity contribution in [3.8, 4) is 0 Å². The van der Waals surface area contributed by atoms with Gasteiger partial charge in [-0.25, -0.2) is 0 Å². The number of rotatable bonds is 4. The molecule has 0 spiro atoms. The highest BCUT2D eigenvalue weighted by molar-refractivity contribution is 5.85. The Morgan fingerprint density at radius 2 is 1.95 bits per heavy atom. The van der Waals surface area contributed by atoms with E-state index < -0.39 is 0 Å². The van der Waals surface area contributed by atoms with Crippen LogP contribution in [0, 0.1) is 0 Å². The van der Waals surface area contributed by atoms with Crippen LogP contribution in [-0.4, -0.2) is 36.0 Å². The van der Waals surface area contributed by atoms with Crippen LogP contribution < -0.4 is 5.32 Å². The van der Waals surface area contributed by atoms with E-state index in [0.717, 1.165) is 25.9 Å². The summed E-state index contributed by atoms with van der Waals surface area (Å²) in [7, 11) is 0. The van der Waals surface area contributed by atoms with Crippen LogP contribution >= 0.6 is 12.4 Å². The van der Waals surface area contributed by atoms with Gasteiger partial charge in [0.25, 0.3) is 0 Å². The van der Waals surface area contributed by atoms with Crippen molar-refractivity contribution >= 4 is 18.3 Å². The second-order valence-electron chi connectivity index (χ2n) is 6.40. The predicted molar refractivity (Wildman–Crippen MR) is 92.5 cm³/mol. The van der Waals surface area contributed by atoms with Gasteiger partial charge in [-0.3, -0.25) is 4.79 Å². The van der Waals surface area contributed by atoms with Crippen molar-refractivity contribution in [3.63, 3.8) is 0 Å². The molecule has 2 bridgehead atoms. The highest BCUT2D eigenvalue weighted by atomic mass is 35.5. The first-order valence-electron chi connectivity index (χ1n) is 8.36. The van der Waals surface area contributed by atoms with Crippen LogP contribution in [0.15, 0.2) is 30.3 Å². The summed E-state index contributed by atoms with van der Waals surface area (Å²) in [6.45, 7) is 4.22. The molecular formula is C18H27ClN2O. The van der Waals surface area contributed by atoms with Crippen molar-refractivity contribution in [3.05, 3.63) is 35.9 Å². The Bertz CT molecular complexity index is 465. The molecule has 1 N–H and O–H groups in total. The van der Waals surface area contributed by atoms with Gasteiger partial charge in [0.15, 0.2) is 0 Å². The zero-order chi connectivity index (χ0) is 14.7. The summed E-state index contributed by atoms with van der Waals surface area (Å²) < 4.78 is 0. The number of hydrogen-bond donors (Lipinski definition) is 1. The fraction of sp³-hybridized carbons (Fsp3) is 0.611. The standard InChI is InChI=1S/C18H26N2O.ClH/c1-2-14(15-6-4-3-5-7-15)12-18(21)20-16-8-9-17(20)13-19-11-10-16;/h3-7,14,16-17,19H,2,8-13H2,1H3;1H. The van der Waals surface area contributed by atoms with Gasteiger partial charge in [-0.2, -0.15) is 0 Å². The third-order valence-electron chi connectivity index (χ3n) is 5.13. The highest BCUT2D eigenvalue weighted by Gasteiger charge is 2.38. The molecule has 122 valence electrons. The zero-order valence-electron chi connectivity index (χ0n) is 13.3. The molecule has 2 fully saturated rings. The van der Waals surface area contributed by atoms with Gasteiger partial charge in [-0.1, -0.05) is 37.3 Å². The molecule has 1 aromatic rings. The third kappa shape index (κ3) is 3.64. The normalized spacial score (nSPS) is 25.2. The highest BCUT2D eigenvalue weighted by Crippen LogP contribution is 2.31. The van der Waals surface area contributed by atoms with Crippen LogP contribution in [0.4, 0.5) is 0 Å². The minimum atomic E-state index is 0. The van der Waals surface area contributed by atoms with Crippen LogP contribution in [0.2, 0.25) is 0 Å². The maximum atomic E-state index is 12.9. The molecule has 22 heavy (non-hydrogen) atoms. The molecule has 1 amide bonds. The Balaban J connectivity index is 0.00000176. The van der Waals surface area contributed by atoms with Crippen molar-refractivity contribution in [2.45, 2.75) is 57.0 Å². The summed E-state index contributed by atoms with van der Waals surface area (Å²) in [5.74, 6) is 0.719. The number of benzene rings is 1. The molecule has 4 heteroatoms. The fourth-order valence-electron chi connectivity index (χ4n) is 3.93. The van der Waals surface area contributed by atoms with E-state index in [-0.39, 0.29) is 12.4 Å². The van der Waals surface area contributed by atoms with Crippen LogP contribution in [-0.2, 0) is 4.79 Å². The second-order valence-corrected chi connectivity index (χ2v) is 6.40. The van der Waals surface area contributed by atoms with E-state index in [1.807, 2.05) is 6.07 Å². The minimum absolute atomic E-state index is 0. The van der Waals surface area contributed by atoms with E-state index in [1.165, 1.54) is 18.4 Å². The lowest BCUT2D eigenvalue weighted by atomic mass is 9.92. The number of hydrogen-bond acceptors (Lipinski definition) is 2. The Labute approximate surface area is 139 Å². The van der Waals surface area contributed by atoms with Crippen molar-refractivity contribution in [2.75, 3.05) is 13.1 Å². The summed E-state index contributed by atoms with van der Waals surface area (Å²) in [6, 6.07) is 11.4. The summed E-state index contributed by atoms with van der Waals surface area (Å²) in [5.41, 5.74) is 1.30. The van der Waals surface area contributed by atoms with Gasteiger partial charge in [-0.15, -0.1) is 12.4 Å². The zero-order valence-corrected chi connectivity index (χ0v) is 14.1. The van der Waals surface area contributed by atoms with Gasteiger partial charge in [0, 0.05) is 25.0 Å². The van der Waals surface area contributed by atoms with Gasteiger partial charge < -0.3 is 10.2 Å². The number of carbonyl (C=O) groups is 1. The lowest BCUT2D eigenvalue weighted by Crippen LogP contribution is -2.42. The fourth-order valence-corrected chi connectivity index (χ4v) is 3.93. The lowest BCUT2D eigenvalue weighted by molar-refractivity contribution is -0.134. The minimum Gasteiger partial charge on any atom is -0.335 e. The lowest BCUT2D eigenvalue weighted by Gasteiger charge is -2.29. The second kappa shape index (κ2) is 7.98. The van der Waals surface area contributed by atoms with Crippen LogP contribution in [0.5, 0.6) is 0 Å². The van der Waals surface area contributed by atoms with E-state index in [9.17, 15) is 4.79 Å². The van der Waals surface area contributed by atoms with Gasteiger partial charge in [0.2, 0.25) is 5.91 Å². The summed E-state index contributed by atoms with van der Waals surface area (Å²) in [6.07, 6.45) is 5.17. The molecule has 2 aliphatic rings. The molecular weight excluding hydrogens is 296 g/mol. The van der Waals surface area contributed by atoms with Gasteiger partial charge >= 0.3 is 0 Å². The molecule has 0 radical (unpaired) electrons. The van der Waals surface area contributed by atoms with Gasteiger partial charge in [-0.05, 0) is 43.7 Å². The van der Waals surface area contributed by atoms with E-state index in [4.69, 9.17) is 0 Å². The maximum Gasteiger partial charge on any atom is 0.223 e. The average Bonchev–Trinajstić information content (AvgIpc) is 2.78. The van der Waals surface area contributed by atoms with Gasteiger partial charge in [0.05, 0.1) is 0 Å². The van der Waals surface area contributed by atoms with Crippen LogP contribution in [0.3, 0.4) is 0 Å². The SMILES string of the molecule is CCC(CC(=O)N1C2CCNCC1CC2)c1ccccc1.Cl. The van der Waals surface area contributed by atoms with Crippen molar-refractivity contribution in [2.24, 2.45) is 0 Å². The van der Waals surface area contributed by atoms with Crippen molar-refractivity contribution in [1.29, 1.82) is 0 Å². The Kier molecular flexibility index (Phi) is 6.27. The maximum absolute atomic E-state index is 12.9. The first-order valence-corrected chi connectivity index (χ1v) is 8.36. The molecule has 0 saturated carbocycles. The van der Waals surface area contributed by atoms with Crippen molar-refractivity contribution in [1.82, 2.24) is 10.2 Å². The molecule has 3 rings (SSSR count). The monoisotopic (exact) mass is 322 g/mol. The average molecular weight is 323 g/mol. The summed E-state index contributed by atoms with van der Waals surface area (Å²) in [4.78, 5) is 15.1. The molecule has 2 heterocycles. The van der Waals surface area contributed by atoms with E-state index in [0.29, 0.717) is 30.3 Å². The first-order chi connectivity index (χ1) is 10.3. The molecule has 3 nitrogen and oxygen atoms in total. The summed E-state index contributed by atoms with van der Waals surface area (Å²) >= 11 is 0. The number of amides is 1. The largest absolute Gasteiger partial charge is 0.335 e. The number of carbonyl (C=O) groups excluding carboxylic acids is 1. The molecule has 2 aliphatic heterocycles. The first kappa shape index (κ1) is 17.3. The van der Waals surface area contributed by atoms with Gasteiger partial charge in [0.1, 0.15) is 0 Å². The molecule has 3 atom stereocenters. The molecule has 0 aliphatic carbocycles. The number of fused-ring (bicyclic) bond motifs is 2. The van der Waals surface area contributed by atoms with Crippen LogP contribution in [0.25, 0.3) is 0 Å². The van der Waals surface area contributed by atoms with Crippen LogP contribution in [0.1, 0.15) is 50.5 Å². The van der Waals surface area contributed by atoms with Crippen molar-refractivity contribution < 1.29 is 4.79 Å². The molecule has 2 saturated heterocycles. The number of nitrogens with zero attached hydrogens (tertiary/aromatic N) is 1. The van der Waals surface area contributed by atoms with E-state index in [1.54, 1.807) is 0 Å². The summed E-state index contributed by atoms with van der Waals surface area (Å²) in [5, 5.41) is 3.47. The number of halogens is 1. The Morgan fingerprint density at radius 1 is 1.23 bits per heavy atom. The van der Waals surface area contributed by atoms with E-state index >= 15 is 0 Å². The number of nitrogens with one attached hydrogen (secondary N) is 1. The molecule has 0 aromatic heterocycles.